The van der Waals surface area contributed by atoms with Gasteiger partial charge >= 0.3 is 0 Å². The van der Waals surface area contributed by atoms with E-state index >= 15 is 0 Å². The van der Waals surface area contributed by atoms with Crippen LogP contribution < -0.4 is 10.6 Å². The van der Waals surface area contributed by atoms with Gasteiger partial charge in [-0.2, -0.15) is 0 Å². The SMILES string of the molecule is O=C(NC1CN2CCC1CC2)C(Cc1cn(Cc2ccccc2)cn1)NC(=O)C1(c2ccc(Cl)cc2Cl)CC1. The largest absolute Gasteiger partial charge is 0.350 e. The number of rotatable bonds is 9. The van der Waals surface area contributed by atoms with Crippen LogP contribution in [0, 0.1) is 5.92 Å². The molecule has 204 valence electrons. The van der Waals surface area contributed by atoms with E-state index in [1.165, 1.54) is 5.56 Å². The number of carbonyl (C=O) groups excluding carboxylic acids is 2. The Morgan fingerprint density at radius 3 is 2.51 bits per heavy atom. The predicted molar refractivity (Wildman–Crippen MR) is 152 cm³/mol. The molecular weight excluding hydrogens is 533 g/mol. The van der Waals surface area contributed by atoms with Gasteiger partial charge in [0, 0.05) is 41.8 Å². The third-order valence-corrected chi connectivity index (χ3v) is 9.09. The summed E-state index contributed by atoms with van der Waals surface area (Å²) in [7, 11) is 0. The molecule has 1 aromatic heterocycles. The predicted octanol–water partition coefficient (Wildman–Crippen LogP) is 4.21. The van der Waals surface area contributed by atoms with Crippen molar-refractivity contribution in [3.05, 3.63) is 87.9 Å². The van der Waals surface area contributed by atoms with Crippen molar-refractivity contribution in [2.24, 2.45) is 5.92 Å². The van der Waals surface area contributed by atoms with E-state index in [4.69, 9.17) is 23.2 Å². The fourth-order valence-electron chi connectivity index (χ4n) is 6.14. The summed E-state index contributed by atoms with van der Waals surface area (Å²) in [4.78, 5) is 34.4. The van der Waals surface area contributed by atoms with Gasteiger partial charge in [0.2, 0.25) is 11.8 Å². The second-order valence-corrected chi connectivity index (χ2v) is 12.1. The molecule has 4 fully saturated rings. The second kappa shape index (κ2) is 11.0. The van der Waals surface area contributed by atoms with Gasteiger partial charge in [-0.3, -0.25) is 9.59 Å². The highest BCUT2D eigenvalue weighted by atomic mass is 35.5. The van der Waals surface area contributed by atoms with E-state index in [0.717, 1.165) is 43.7 Å². The van der Waals surface area contributed by atoms with Crippen LogP contribution in [-0.4, -0.2) is 58.0 Å². The van der Waals surface area contributed by atoms with Crippen LogP contribution >= 0.6 is 23.2 Å². The standard InChI is InChI=1S/C30H33Cl2N5O2/c31-22-6-7-24(25(32)14-22)30(10-11-30)29(39)35-26(28(38)34-27-18-36-12-8-21(27)9-13-36)15-23-17-37(19-33-23)16-20-4-2-1-3-5-20/h1-7,14,17,19,21,26-27H,8-13,15-16,18H2,(H,34,38)(H,35,39). The molecule has 1 aliphatic carbocycles. The summed E-state index contributed by atoms with van der Waals surface area (Å²) < 4.78 is 2.00. The van der Waals surface area contributed by atoms with Crippen molar-refractivity contribution in [2.75, 3.05) is 19.6 Å². The zero-order valence-electron chi connectivity index (χ0n) is 21.8. The second-order valence-electron chi connectivity index (χ2n) is 11.2. The number of carbonyl (C=O) groups is 2. The van der Waals surface area contributed by atoms with E-state index in [-0.39, 0.29) is 17.9 Å². The Bertz CT molecular complexity index is 1350. The first-order valence-corrected chi connectivity index (χ1v) is 14.5. The van der Waals surface area contributed by atoms with Gasteiger partial charge in [0.1, 0.15) is 6.04 Å². The fourth-order valence-corrected chi connectivity index (χ4v) is 6.73. The van der Waals surface area contributed by atoms with Crippen LogP contribution in [0.1, 0.15) is 42.5 Å². The Kier molecular flexibility index (Phi) is 7.40. The van der Waals surface area contributed by atoms with Gasteiger partial charge in [-0.15, -0.1) is 0 Å². The number of nitrogens with zero attached hydrogens (tertiary/aromatic N) is 3. The third kappa shape index (κ3) is 5.72. The summed E-state index contributed by atoms with van der Waals surface area (Å²) in [6.07, 6.45) is 7.61. The monoisotopic (exact) mass is 565 g/mol. The number of hydrogen-bond donors (Lipinski definition) is 2. The molecular formula is C30H33Cl2N5O2. The van der Waals surface area contributed by atoms with Crippen LogP contribution in [0.15, 0.2) is 61.1 Å². The molecule has 2 bridgehead atoms. The van der Waals surface area contributed by atoms with Gasteiger partial charge in [0.15, 0.2) is 0 Å². The van der Waals surface area contributed by atoms with Crippen molar-refractivity contribution < 1.29 is 9.59 Å². The number of fused-ring (bicyclic) bond motifs is 3. The number of amides is 2. The molecule has 1 saturated carbocycles. The molecule has 2 aromatic carbocycles. The van der Waals surface area contributed by atoms with E-state index in [1.807, 2.05) is 35.0 Å². The molecule has 0 spiro atoms. The molecule has 2 unspecified atom stereocenters. The number of benzene rings is 2. The van der Waals surface area contributed by atoms with Crippen molar-refractivity contribution >= 4 is 35.0 Å². The van der Waals surface area contributed by atoms with Gasteiger partial charge in [0.25, 0.3) is 0 Å². The van der Waals surface area contributed by atoms with Gasteiger partial charge in [-0.1, -0.05) is 59.6 Å². The minimum atomic E-state index is -0.739. The maximum atomic E-state index is 13.7. The number of aromatic nitrogens is 2. The number of halogens is 2. The lowest BCUT2D eigenvalue weighted by molar-refractivity contribution is -0.131. The summed E-state index contributed by atoms with van der Waals surface area (Å²) >= 11 is 12.6. The maximum Gasteiger partial charge on any atom is 0.243 e. The normalized spacial score (nSPS) is 23.7. The molecule has 2 N–H and O–H groups in total. The number of piperidine rings is 3. The Morgan fingerprint density at radius 2 is 1.85 bits per heavy atom. The maximum absolute atomic E-state index is 13.7. The first kappa shape index (κ1) is 26.4. The summed E-state index contributed by atoms with van der Waals surface area (Å²) in [6.45, 7) is 3.75. The van der Waals surface area contributed by atoms with Crippen molar-refractivity contribution in [1.29, 1.82) is 0 Å². The lowest BCUT2D eigenvalue weighted by Gasteiger charge is -2.45. The average molecular weight is 567 g/mol. The topological polar surface area (TPSA) is 79.3 Å². The van der Waals surface area contributed by atoms with Crippen LogP contribution in [0.3, 0.4) is 0 Å². The molecule has 3 saturated heterocycles. The van der Waals surface area contributed by atoms with Crippen molar-refractivity contribution in [2.45, 2.75) is 56.1 Å². The highest BCUT2D eigenvalue weighted by molar-refractivity contribution is 6.35. The van der Waals surface area contributed by atoms with Crippen molar-refractivity contribution in [3.8, 4) is 0 Å². The highest BCUT2D eigenvalue weighted by Gasteiger charge is 2.53. The van der Waals surface area contributed by atoms with Crippen LogP contribution in [0.4, 0.5) is 0 Å². The molecule has 3 aliphatic heterocycles. The summed E-state index contributed by atoms with van der Waals surface area (Å²) in [6, 6.07) is 14.8. The number of imidazole rings is 1. The van der Waals surface area contributed by atoms with E-state index in [1.54, 1.807) is 18.5 Å². The van der Waals surface area contributed by atoms with Crippen molar-refractivity contribution in [3.63, 3.8) is 0 Å². The summed E-state index contributed by atoms with van der Waals surface area (Å²) in [5.74, 6) is 0.158. The fraction of sp³-hybridized carbons (Fsp3) is 0.433. The average Bonchev–Trinajstić information content (AvgIpc) is 3.63. The minimum Gasteiger partial charge on any atom is -0.350 e. The van der Waals surface area contributed by atoms with Crippen molar-refractivity contribution in [1.82, 2.24) is 25.1 Å². The van der Waals surface area contributed by atoms with Gasteiger partial charge in [0.05, 0.1) is 17.4 Å². The number of nitrogens with one attached hydrogen (secondary N) is 2. The van der Waals surface area contributed by atoms with E-state index in [0.29, 0.717) is 41.8 Å². The zero-order valence-corrected chi connectivity index (χ0v) is 23.3. The molecule has 7 nitrogen and oxygen atoms in total. The van der Waals surface area contributed by atoms with Gasteiger partial charge < -0.3 is 20.1 Å². The number of hydrogen-bond acceptors (Lipinski definition) is 4. The van der Waals surface area contributed by atoms with Crippen LogP contribution in [-0.2, 0) is 28.0 Å². The van der Waals surface area contributed by atoms with E-state index < -0.39 is 11.5 Å². The minimum absolute atomic E-state index is 0.107. The lowest BCUT2D eigenvalue weighted by atomic mass is 9.84. The Hall–Kier alpha value is -2.87. The molecule has 3 aromatic rings. The van der Waals surface area contributed by atoms with E-state index in [9.17, 15) is 9.59 Å². The molecule has 39 heavy (non-hydrogen) atoms. The summed E-state index contributed by atoms with van der Waals surface area (Å²) in [5.41, 5.74) is 1.95. The smallest absolute Gasteiger partial charge is 0.243 e. The molecule has 2 amide bonds. The third-order valence-electron chi connectivity index (χ3n) is 8.54. The van der Waals surface area contributed by atoms with Gasteiger partial charge in [-0.25, -0.2) is 4.98 Å². The molecule has 4 aliphatic rings. The quantitative estimate of drug-likeness (QED) is 0.407. The first-order chi connectivity index (χ1) is 18.9. The Labute approximate surface area is 238 Å². The molecule has 7 rings (SSSR count). The first-order valence-electron chi connectivity index (χ1n) is 13.7. The molecule has 0 radical (unpaired) electrons. The van der Waals surface area contributed by atoms with Crippen LogP contribution in [0.2, 0.25) is 10.0 Å². The molecule has 9 heteroatoms. The van der Waals surface area contributed by atoms with Gasteiger partial charge in [-0.05, 0) is 68.0 Å². The Morgan fingerprint density at radius 1 is 1.08 bits per heavy atom. The van der Waals surface area contributed by atoms with E-state index in [2.05, 4.69) is 32.7 Å². The zero-order chi connectivity index (χ0) is 27.0. The molecule has 4 heterocycles. The lowest BCUT2D eigenvalue weighted by Crippen LogP contribution is -2.60. The highest BCUT2D eigenvalue weighted by Crippen LogP contribution is 2.51. The van der Waals surface area contributed by atoms with Crippen LogP contribution in [0.25, 0.3) is 0 Å². The Balaban J connectivity index is 1.20. The molecule has 2 atom stereocenters. The summed E-state index contributed by atoms with van der Waals surface area (Å²) in [5, 5.41) is 7.38. The van der Waals surface area contributed by atoms with Crippen LogP contribution in [0.5, 0.6) is 0 Å².